The summed E-state index contributed by atoms with van der Waals surface area (Å²) in [5, 5.41) is 21.8. The molecule has 0 saturated carbocycles. The molecule has 7 nitrogen and oxygen atoms in total. The van der Waals surface area contributed by atoms with Crippen molar-refractivity contribution in [1.29, 1.82) is 5.26 Å². The van der Waals surface area contributed by atoms with Gasteiger partial charge in [-0.25, -0.2) is 5.10 Å². The SMILES string of the molecule is N#Cc1cn(-c2ncn[nH]2)nn1. The summed E-state index contributed by atoms with van der Waals surface area (Å²) in [5.74, 6) is 0.434. The van der Waals surface area contributed by atoms with Crippen molar-refractivity contribution < 1.29 is 0 Å². The monoisotopic (exact) mass is 161 g/mol. The largest absolute Gasteiger partial charge is 0.247 e. The van der Waals surface area contributed by atoms with Gasteiger partial charge in [0.15, 0.2) is 5.69 Å². The Hall–Kier alpha value is -2.23. The van der Waals surface area contributed by atoms with E-state index in [1.54, 1.807) is 0 Å². The van der Waals surface area contributed by atoms with Gasteiger partial charge in [0.1, 0.15) is 12.4 Å². The summed E-state index contributed by atoms with van der Waals surface area (Å²) in [4.78, 5) is 3.82. The van der Waals surface area contributed by atoms with Gasteiger partial charge in [-0.15, -0.1) is 5.10 Å². The maximum absolute atomic E-state index is 8.44. The Bertz CT molecular complexity index is 405. The van der Waals surface area contributed by atoms with Crippen LogP contribution in [0.25, 0.3) is 5.95 Å². The van der Waals surface area contributed by atoms with Crippen molar-refractivity contribution in [2.24, 2.45) is 0 Å². The third kappa shape index (κ3) is 0.911. The zero-order valence-corrected chi connectivity index (χ0v) is 5.84. The van der Waals surface area contributed by atoms with Crippen LogP contribution in [0.4, 0.5) is 0 Å². The topological polar surface area (TPSA) is 96.1 Å². The van der Waals surface area contributed by atoms with Crippen molar-refractivity contribution >= 4 is 0 Å². The quantitative estimate of drug-likeness (QED) is 0.594. The Kier molecular flexibility index (Phi) is 1.31. The summed E-state index contributed by atoms with van der Waals surface area (Å²) in [7, 11) is 0. The number of aromatic amines is 1. The molecule has 2 aromatic rings. The van der Waals surface area contributed by atoms with E-state index in [1.165, 1.54) is 17.2 Å². The zero-order valence-electron chi connectivity index (χ0n) is 5.84. The minimum atomic E-state index is 0.242. The van der Waals surface area contributed by atoms with Crippen LogP contribution < -0.4 is 0 Å². The van der Waals surface area contributed by atoms with Gasteiger partial charge in [-0.3, -0.25) is 0 Å². The number of hydrogen-bond donors (Lipinski definition) is 1. The van der Waals surface area contributed by atoms with E-state index >= 15 is 0 Å². The molecule has 7 heteroatoms. The van der Waals surface area contributed by atoms with Crippen LogP contribution >= 0.6 is 0 Å². The molecule has 0 atom stereocenters. The molecule has 0 amide bonds. The Balaban J connectivity index is 2.44. The number of aromatic nitrogens is 6. The molecule has 0 aliphatic heterocycles. The number of nitriles is 1. The van der Waals surface area contributed by atoms with Crippen LogP contribution in [0.5, 0.6) is 0 Å². The molecule has 0 bridgehead atoms. The second-order valence-corrected chi connectivity index (χ2v) is 1.97. The highest BCUT2D eigenvalue weighted by Gasteiger charge is 2.02. The summed E-state index contributed by atoms with van der Waals surface area (Å²) in [5.41, 5.74) is 0.242. The van der Waals surface area contributed by atoms with Crippen LogP contribution in [0, 0.1) is 11.3 Å². The summed E-state index contributed by atoms with van der Waals surface area (Å²) in [6, 6.07) is 1.85. The van der Waals surface area contributed by atoms with Crippen LogP contribution in [-0.4, -0.2) is 30.2 Å². The molecule has 0 spiro atoms. The molecule has 1 N–H and O–H groups in total. The first-order valence-electron chi connectivity index (χ1n) is 3.08. The second-order valence-electron chi connectivity index (χ2n) is 1.97. The molecule has 2 aromatic heterocycles. The molecule has 2 heterocycles. The van der Waals surface area contributed by atoms with Gasteiger partial charge < -0.3 is 0 Å². The number of nitrogens with zero attached hydrogens (tertiary/aromatic N) is 6. The van der Waals surface area contributed by atoms with E-state index in [1.807, 2.05) is 6.07 Å². The number of nitrogens with one attached hydrogen (secondary N) is 1. The molecule has 0 fully saturated rings. The third-order valence-corrected chi connectivity index (χ3v) is 1.23. The average Bonchev–Trinajstić information content (AvgIpc) is 2.75. The molecule has 0 aliphatic carbocycles. The van der Waals surface area contributed by atoms with E-state index in [0.717, 1.165) is 0 Å². The fourth-order valence-electron chi connectivity index (χ4n) is 0.728. The lowest BCUT2D eigenvalue weighted by Gasteiger charge is -1.87. The lowest BCUT2D eigenvalue weighted by molar-refractivity contribution is 0.758. The molecule has 12 heavy (non-hydrogen) atoms. The van der Waals surface area contributed by atoms with E-state index < -0.39 is 0 Å². The number of H-pyrrole nitrogens is 1. The average molecular weight is 161 g/mol. The Morgan fingerprint density at radius 3 is 3.08 bits per heavy atom. The smallest absolute Gasteiger partial charge is 0.244 e. The highest BCUT2D eigenvalue weighted by molar-refractivity contribution is 5.17. The molecule has 0 aliphatic rings. The van der Waals surface area contributed by atoms with Crippen molar-refractivity contribution in [2.45, 2.75) is 0 Å². The molecule has 58 valence electrons. The van der Waals surface area contributed by atoms with Gasteiger partial charge in [0.05, 0.1) is 6.20 Å². The van der Waals surface area contributed by atoms with Crippen molar-refractivity contribution in [3.8, 4) is 12.0 Å². The minimum Gasteiger partial charge on any atom is -0.244 e. The van der Waals surface area contributed by atoms with Gasteiger partial charge in [-0.05, 0) is 0 Å². The van der Waals surface area contributed by atoms with Crippen LogP contribution in [0.2, 0.25) is 0 Å². The van der Waals surface area contributed by atoms with E-state index in [2.05, 4.69) is 25.5 Å². The minimum absolute atomic E-state index is 0.242. The molecule has 2 rings (SSSR count). The summed E-state index contributed by atoms with van der Waals surface area (Å²) < 4.78 is 1.34. The van der Waals surface area contributed by atoms with E-state index in [9.17, 15) is 0 Å². The fourth-order valence-corrected chi connectivity index (χ4v) is 0.728. The van der Waals surface area contributed by atoms with Crippen LogP contribution in [-0.2, 0) is 0 Å². The van der Waals surface area contributed by atoms with Crippen molar-refractivity contribution in [2.75, 3.05) is 0 Å². The Labute approximate surface area is 66.7 Å². The lowest BCUT2D eigenvalue weighted by Crippen LogP contribution is -1.96. The summed E-state index contributed by atoms with van der Waals surface area (Å²) in [6.07, 6.45) is 2.81. The second kappa shape index (κ2) is 2.43. The van der Waals surface area contributed by atoms with Gasteiger partial charge in [0, 0.05) is 0 Å². The van der Waals surface area contributed by atoms with E-state index in [0.29, 0.717) is 5.95 Å². The molecule has 0 saturated heterocycles. The van der Waals surface area contributed by atoms with E-state index in [4.69, 9.17) is 5.26 Å². The van der Waals surface area contributed by atoms with Crippen LogP contribution in [0.3, 0.4) is 0 Å². The van der Waals surface area contributed by atoms with Gasteiger partial charge in [-0.1, -0.05) is 5.21 Å². The Morgan fingerprint density at radius 1 is 1.58 bits per heavy atom. The van der Waals surface area contributed by atoms with Crippen molar-refractivity contribution in [3.63, 3.8) is 0 Å². The fraction of sp³-hybridized carbons (Fsp3) is 0. The van der Waals surface area contributed by atoms with Crippen molar-refractivity contribution in [1.82, 2.24) is 30.2 Å². The summed E-state index contributed by atoms with van der Waals surface area (Å²) >= 11 is 0. The maximum atomic E-state index is 8.44. The van der Waals surface area contributed by atoms with Crippen LogP contribution in [0.1, 0.15) is 5.69 Å². The molecule has 0 unspecified atom stereocenters. The first kappa shape index (κ1) is 6.48. The van der Waals surface area contributed by atoms with Crippen molar-refractivity contribution in [3.05, 3.63) is 18.2 Å². The highest BCUT2D eigenvalue weighted by Crippen LogP contribution is 1.96. The van der Waals surface area contributed by atoms with Gasteiger partial charge in [-0.2, -0.15) is 20.0 Å². The molecular formula is C5H3N7. The highest BCUT2D eigenvalue weighted by atomic mass is 15.5. The molecular weight excluding hydrogens is 158 g/mol. The number of hydrogen-bond acceptors (Lipinski definition) is 5. The normalized spacial score (nSPS) is 9.58. The maximum Gasteiger partial charge on any atom is 0.247 e. The first-order chi connectivity index (χ1) is 5.90. The van der Waals surface area contributed by atoms with Crippen LogP contribution in [0.15, 0.2) is 12.5 Å². The summed E-state index contributed by atoms with van der Waals surface area (Å²) in [6.45, 7) is 0. The van der Waals surface area contributed by atoms with Gasteiger partial charge in [0.25, 0.3) is 0 Å². The Morgan fingerprint density at radius 2 is 2.50 bits per heavy atom. The number of rotatable bonds is 1. The predicted octanol–water partition coefficient (Wildman–Crippen LogP) is -0.743. The first-order valence-corrected chi connectivity index (χ1v) is 3.08. The standard InChI is InChI=1S/C5H3N7/c6-1-4-2-12(11-9-4)5-7-3-8-10-5/h2-3H,(H,7,8,10). The zero-order chi connectivity index (χ0) is 8.39. The van der Waals surface area contributed by atoms with Gasteiger partial charge >= 0.3 is 0 Å². The molecule has 0 aromatic carbocycles. The predicted molar refractivity (Wildman–Crippen MR) is 36.0 cm³/mol. The molecule has 0 radical (unpaired) electrons. The third-order valence-electron chi connectivity index (χ3n) is 1.23. The van der Waals surface area contributed by atoms with E-state index in [-0.39, 0.29) is 5.69 Å². The lowest BCUT2D eigenvalue weighted by atomic mass is 10.5. The van der Waals surface area contributed by atoms with Gasteiger partial charge in [0.2, 0.25) is 5.95 Å².